The number of rotatable bonds is 3. The predicted molar refractivity (Wildman–Crippen MR) is 72.0 cm³/mol. The highest BCUT2D eigenvalue weighted by atomic mass is 35.5. The minimum atomic E-state index is -0.505. The Morgan fingerprint density at radius 1 is 1.42 bits per heavy atom. The van der Waals surface area contributed by atoms with Gasteiger partial charge in [0.2, 0.25) is 0 Å². The van der Waals surface area contributed by atoms with Gasteiger partial charge >= 0.3 is 6.03 Å². The fourth-order valence-corrected chi connectivity index (χ4v) is 2.12. The van der Waals surface area contributed by atoms with Crippen molar-refractivity contribution in [3.63, 3.8) is 0 Å². The summed E-state index contributed by atoms with van der Waals surface area (Å²) in [6, 6.07) is 3.76. The van der Waals surface area contributed by atoms with Crippen LogP contribution in [0.4, 0.5) is 14.9 Å². The third-order valence-corrected chi connectivity index (χ3v) is 3.36. The van der Waals surface area contributed by atoms with E-state index in [9.17, 15) is 9.18 Å². The quantitative estimate of drug-likeness (QED) is 0.897. The standard InChI is InChI=1S/C13H16ClFN2O2/c14-11-7-10(1-2-12(11)15)17-13(18)16-8-9-3-5-19-6-4-9/h1-2,7,9H,3-6,8H2,(H2,16,17,18). The van der Waals surface area contributed by atoms with E-state index in [1.165, 1.54) is 18.2 Å². The summed E-state index contributed by atoms with van der Waals surface area (Å²) in [5.41, 5.74) is 0.468. The van der Waals surface area contributed by atoms with Crippen LogP contribution in [-0.4, -0.2) is 25.8 Å². The van der Waals surface area contributed by atoms with Gasteiger partial charge in [0.25, 0.3) is 0 Å². The molecule has 19 heavy (non-hydrogen) atoms. The molecule has 6 heteroatoms. The Morgan fingerprint density at radius 3 is 2.84 bits per heavy atom. The van der Waals surface area contributed by atoms with E-state index in [1.807, 2.05) is 0 Å². The van der Waals surface area contributed by atoms with Crippen molar-refractivity contribution in [2.75, 3.05) is 25.1 Å². The summed E-state index contributed by atoms with van der Waals surface area (Å²) in [4.78, 5) is 11.7. The van der Waals surface area contributed by atoms with Crippen molar-refractivity contribution >= 4 is 23.3 Å². The lowest BCUT2D eigenvalue weighted by molar-refractivity contribution is 0.0671. The highest BCUT2D eigenvalue weighted by Gasteiger charge is 2.14. The van der Waals surface area contributed by atoms with Gasteiger partial charge in [-0.25, -0.2) is 9.18 Å². The second kappa shape index (κ2) is 6.73. The minimum Gasteiger partial charge on any atom is -0.381 e. The molecule has 1 saturated heterocycles. The van der Waals surface area contributed by atoms with E-state index >= 15 is 0 Å². The van der Waals surface area contributed by atoms with E-state index < -0.39 is 5.82 Å². The van der Waals surface area contributed by atoms with Gasteiger partial charge in [0.05, 0.1) is 5.02 Å². The molecule has 2 rings (SSSR count). The molecule has 1 aromatic rings. The van der Waals surface area contributed by atoms with Crippen molar-refractivity contribution in [1.82, 2.24) is 5.32 Å². The first-order valence-corrected chi connectivity index (χ1v) is 6.60. The van der Waals surface area contributed by atoms with Gasteiger partial charge in [-0.3, -0.25) is 0 Å². The second-order valence-corrected chi connectivity index (χ2v) is 4.93. The third-order valence-electron chi connectivity index (χ3n) is 3.07. The van der Waals surface area contributed by atoms with Crippen molar-refractivity contribution in [3.05, 3.63) is 29.0 Å². The SMILES string of the molecule is O=C(NCC1CCOCC1)Nc1ccc(F)c(Cl)c1. The van der Waals surface area contributed by atoms with Crippen LogP contribution < -0.4 is 10.6 Å². The maximum atomic E-state index is 13.0. The van der Waals surface area contributed by atoms with Gasteiger partial charge in [-0.05, 0) is 37.0 Å². The van der Waals surface area contributed by atoms with Gasteiger partial charge in [-0.15, -0.1) is 0 Å². The molecule has 0 aliphatic carbocycles. The minimum absolute atomic E-state index is 0.0118. The first-order chi connectivity index (χ1) is 9.15. The molecule has 1 aliphatic rings. The summed E-state index contributed by atoms with van der Waals surface area (Å²) in [5, 5.41) is 5.40. The molecular formula is C13H16ClFN2O2. The van der Waals surface area contributed by atoms with E-state index in [0.717, 1.165) is 26.1 Å². The predicted octanol–water partition coefficient (Wildman–Crippen LogP) is 3.03. The van der Waals surface area contributed by atoms with Crippen LogP contribution >= 0.6 is 11.6 Å². The molecular weight excluding hydrogens is 271 g/mol. The van der Waals surface area contributed by atoms with Crippen molar-refractivity contribution in [3.8, 4) is 0 Å². The topological polar surface area (TPSA) is 50.4 Å². The summed E-state index contributed by atoms with van der Waals surface area (Å²) in [6.07, 6.45) is 1.92. The van der Waals surface area contributed by atoms with Crippen LogP contribution in [-0.2, 0) is 4.74 Å². The Hall–Kier alpha value is -1.33. The van der Waals surface area contributed by atoms with Crippen molar-refractivity contribution < 1.29 is 13.9 Å². The number of urea groups is 1. The fourth-order valence-electron chi connectivity index (χ4n) is 1.94. The average Bonchev–Trinajstić information content (AvgIpc) is 2.42. The smallest absolute Gasteiger partial charge is 0.319 e. The van der Waals surface area contributed by atoms with Crippen molar-refractivity contribution in [2.24, 2.45) is 5.92 Å². The molecule has 2 amide bonds. The Kier molecular flexibility index (Phi) is 4.99. The Bertz CT molecular complexity index is 450. The van der Waals surface area contributed by atoms with E-state index in [2.05, 4.69) is 10.6 Å². The second-order valence-electron chi connectivity index (χ2n) is 4.52. The fraction of sp³-hybridized carbons (Fsp3) is 0.462. The number of nitrogens with one attached hydrogen (secondary N) is 2. The zero-order valence-corrected chi connectivity index (χ0v) is 11.2. The van der Waals surface area contributed by atoms with E-state index in [4.69, 9.17) is 16.3 Å². The van der Waals surface area contributed by atoms with Gasteiger partial charge in [0.1, 0.15) is 5.82 Å². The monoisotopic (exact) mass is 286 g/mol. The summed E-state index contributed by atoms with van der Waals surface area (Å²) in [6.45, 7) is 2.12. The number of carbonyl (C=O) groups is 1. The van der Waals surface area contributed by atoms with Gasteiger partial charge in [-0.2, -0.15) is 0 Å². The molecule has 104 valence electrons. The van der Waals surface area contributed by atoms with Gasteiger partial charge in [0.15, 0.2) is 0 Å². The number of carbonyl (C=O) groups excluding carboxylic acids is 1. The lowest BCUT2D eigenvalue weighted by atomic mass is 10.0. The summed E-state index contributed by atoms with van der Waals surface area (Å²) in [5.74, 6) is -0.0499. The van der Waals surface area contributed by atoms with Crippen LogP contribution in [0, 0.1) is 11.7 Å². The normalized spacial score (nSPS) is 16.1. The number of benzene rings is 1. The average molecular weight is 287 g/mol. The number of ether oxygens (including phenoxy) is 1. The van der Waals surface area contributed by atoms with Crippen LogP contribution in [0.1, 0.15) is 12.8 Å². The summed E-state index contributed by atoms with van der Waals surface area (Å²) < 4.78 is 18.2. The van der Waals surface area contributed by atoms with Crippen molar-refractivity contribution in [2.45, 2.75) is 12.8 Å². The van der Waals surface area contributed by atoms with E-state index in [-0.39, 0.29) is 11.1 Å². The van der Waals surface area contributed by atoms with E-state index in [0.29, 0.717) is 18.2 Å². The largest absolute Gasteiger partial charge is 0.381 e. The molecule has 0 radical (unpaired) electrons. The van der Waals surface area contributed by atoms with Crippen LogP contribution in [0.25, 0.3) is 0 Å². The first-order valence-electron chi connectivity index (χ1n) is 6.23. The highest BCUT2D eigenvalue weighted by Crippen LogP contribution is 2.19. The number of hydrogen-bond donors (Lipinski definition) is 2. The summed E-state index contributed by atoms with van der Waals surface area (Å²) in [7, 11) is 0. The maximum Gasteiger partial charge on any atom is 0.319 e. The molecule has 0 bridgehead atoms. The molecule has 4 nitrogen and oxygen atoms in total. The molecule has 2 N–H and O–H groups in total. The maximum absolute atomic E-state index is 13.0. The third kappa shape index (κ3) is 4.36. The molecule has 0 saturated carbocycles. The lowest BCUT2D eigenvalue weighted by Crippen LogP contribution is -2.35. The Balaban J connectivity index is 1.78. The molecule has 0 unspecified atom stereocenters. The molecule has 0 atom stereocenters. The first kappa shape index (κ1) is 14.1. The zero-order chi connectivity index (χ0) is 13.7. The lowest BCUT2D eigenvalue weighted by Gasteiger charge is -2.22. The molecule has 1 aliphatic heterocycles. The van der Waals surface area contributed by atoms with E-state index in [1.54, 1.807) is 0 Å². The molecule has 1 heterocycles. The Labute approximate surface area is 116 Å². The number of halogens is 2. The van der Waals surface area contributed by atoms with Crippen LogP contribution in [0.2, 0.25) is 5.02 Å². The molecule has 0 aromatic heterocycles. The van der Waals surface area contributed by atoms with Gasteiger partial charge in [0, 0.05) is 25.4 Å². The van der Waals surface area contributed by atoms with Crippen LogP contribution in [0.3, 0.4) is 0 Å². The van der Waals surface area contributed by atoms with Crippen LogP contribution in [0.15, 0.2) is 18.2 Å². The number of hydrogen-bond acceptors (Lipinski definition) is 2. The molecule has 1 fully saturated rings. The highest BCUT2D eigenvalue weighted by molar-refractivity contribution is 6.31. The number of amides is 2. The number of anilines is 1. The van der Waals surface area contributed by atoms with Gasteiger partial charge < -0.3 is 15.4 Å². The molecule has 0 spiro atoms. The zero-order valence-electron chi connectivity index (χ0n) is 10.4. The van der Waals surface area contributed by atoms with Crippen LogP contribution in [0.5, 0.6) is 0 Å². The van der Waals surface area contributed by atoms with Gasteiger partial charge in [-0.1, -0.05) is 11.6 Å². The van der Waals surface area contributed by atoms with Crippen molar-refractivity contribution in [1.29, 1.82) is 0 Å². The summed E-state index contributed by atoms with van der Waals surface area (Å²) >= 11 is 5.64. The Morgan fingerprint density at radius 2 is 2.16 bits per heavy atom. The molecule has 1 aromatic carbocycles.